The van der Waals surface area contributed by atoms with Gasteiger partial charge in [0.1, 0.15) is 6.04 Å². The van der Waals surface area contributed by atoms with Gasteiger partial charge in [-0.1, -0.05) is 55.0 Å². The second-order valence-electron chi connectivity index (χ2n) is 6.60. The molecule has 0 spiro atoms. The summed E-state index contributed by atoms with van der Waals surface area (Å²) in [6.45, 7) is 5.82. The third-order valence-corrected chi connectivity index (χ3v) is 4.52. The highest BCUT2D eigenvalue weighted by atomic mass is 16.2. The molecule has 1 atom stereocenters. The van der Waals surface area contributed by atoms with Crippen LogP contribution in [0.4, 0.5) is 5.69 Å². The maximum absolute atomic E-state index is 12.9. The number of anilines is 1. The quantitative estimate of drug-likeness (QED) is 0.743. The lowest BCUT2D eigenvalue weighted by molar-refractivity contribution is -0.119. The van der Waals surface area contributed by atoms with E-state index in [0.29, 0.717) is 12.1 Å². The summed E-state index contributed by atoms with van der Waals surface area (Å²) < 4.78 is 1.28. The fourth-order valence-electron chi connectivity index (χ4n) is 3.05. The molecule has 27 heavy (non-hydrogen) atoms. The molecule has 1 amide bonds. The Hall–Kier alpha value is -3.21. The molecule has 0 bridgehead atoms. The number of nitrogens with zero attached hydrogens (tertiary/aromatic N) is 2. The number of nitrogens with one attached hydrogen (secondary N) is 1. The van der Waals surface area contributed by atoms with E-state index in [1.54, 1.807) is 6.07 Å². The summed E-state index contributed by atoms with van der Waals surface area (Å²) in [5.41, 5.74) is 4.13. The highest BCUT2D eigenvalue weighted by molar-refractivity contribution is 5.94. The Balaban J connectivity index is 1.92. The third kappa shape index (κ3) is 4.14. The van der Waals surface area contributed by atoms with Gasteiger partial charge in [0.2, 0.25) is 5.91 Å². The topological polar surface area (TPSA) is 64.0 Å². The monoisotopic (exact) mass is 361 g/mol. The maximum atomic E-state index is 12.9. The Bertz CT molecular complexity index is 1010. The zero-order chi connectivity index (χ0) is 19.4. The number of rotatable bonds is 5. The van der Waals surface area contributed by atoms with Gasteiger partial charge in [-0.15, -0.1) is 0 Å². The Labute approximate surface area is 158 Å². The largest absolute Gasteiger partial charge is 0.324 e. The summed E-state index contributed by atoms with van der Waals surface area (Å²) in [5.74, 6) is -0.246. The number of carbonyl (C=O) groups is 1. The van der Waals surface area contributed by atoms with E-state index in [-0.39, 0.29) is 11.5 Å². The van der Waals surface area contributed by atoms with Gasteiger partial charge in [0.05, 0.1) is 5.69 Å². The van der Waals surface area contributed by atoms with Gasteiger partial charge in [-0.25, -0.2) is 4.68 Å². The van der Waals surface area contributed by atoms with Crippen LogP contribution < -0.4 is 10.9 Å². The Kier molecular flexibility index (Phi) is 5.50. The zero-order valence-corrected chi connectivity index (χ0v) is 15.8. The number of carbonyl (C=O) groups excluding carboxylic acids is 1. The van der Waals surface area contributed by atoms with Crippen molar-refractivity contribution in [1.82, 2.24) is 9.78 Å². The Morgan fingerprint density at radius 1 is 1.07 bits per heavy atom. The molecule has 0 unspecified atom stereocenters. The number of aromatic nitrogens is 2. The molecule has 5 nitrogen and oxygen atoms in total. The molecule has 5 heteroatoms. The van der Waals surface area contributed by atoms with Crippen LogP contribution in [0, 0.1) is 13.8 Å². The summed E-state index contributed by atoms with van der Waals surface area (Å²) in [6.07, 6.45) is 0.460. The summed E-state index contributed by atoms with van der Waals surface area (Å²) >= 11 is 0. The molecule has 0 aliphatic carbocycles. The van der Waals surface area contributed by atoms with Gasteiger partial charge in [-0.3, -0.25) is 9.59 Å². The first kappa shape index (κ1) is 18.6. The van der Waals surface area contributed by atoms with Crippen molar-refractivity contribution in [1.29, 1.82) is 0 Å². The number of hydrogen-bond donors (Lipinski definition) is 1. The van der Waals surface area contributed by atoms with Crippen molar-refractivity contribution in [3.05, 3.63) is 82.1 Å². The molecule has 3 aromatic rings. The van der Waals surface area contributed by atoms with E-state index in [9.17, 15) is 9.59 Å². The summed E-state index contributed by atoms with van der Waals surface area (Å²) in [4.78, 5) is 25.3. The molecule has 2 aromatic carbocycles. The van der Waals surface area contributed by atoms with Crippen molar-refractivity contribution >= 4 is 11.6 Å². The lowest BCUT2D eigenvalue weighted by Crippen LogP contribution is -2.34. The lowest BCUT2D eigenvalue weighted by atomic mass is 10.1. The van der Waals surface area contributed by atoms with Crippen molar-refractivity contribution in [3.8, 4) is 11.3 Å². The highest BCUT2D eigenvalue weighted by Crippen LogP contribution is 2.20. The summed E-state index contributed by atoms with van der Waals surface area (Å²) in [6, 6.07) is 17.9. The average Bonchev–Trinajstić information content (AvgIpc) is 2.67. The van der Waals surface area contributed by atoms with Crippen molar-refractivity contribution in [2.24, 2.45) is 0 Å². The summed E-state index contributed by atoms with van der Waals surface area (Å²) in [7, 11) is 0. The number of hydrogen-bond acceptors (Lipinski definition) is 3. The molecule has 0 fully saturated rings. The number of aryl methyl sites for hydroxylation is 2. The molecule has 1 heterocycles. The normalized spacial score (nSPS) is 11.8. The minimum Gasteiger partial charge on any atom is -0.324 e. The molecule has 3 rings (SSSR count). The van der Waals surface area contributed by atoms with Crippen LogP contribution in [0.25, 0.3) is 11.3 Å². The first-order valence-electron chi connectivity index (χ1n) is 9.03. The summed E-state index contributed by atoms with van der Waals surface area (Å²) in [5, 5.41) is 7.39. The van der Waals surface area contributed by atoms with E-state index in [4.69, 9.17) is 0 Å². The van der Waals surface area contributed by atoms with E-state index in [2.05, 4.69) is 10.4 Å². The molecule has 138 valence electrons. The molecule has 1 aromatic heterocycles. The minimum absolute atomic E-state index is 0.246. The second kappa shape index (κ2) is 7.99. The fourth-order valence-corrected chi connectivity index (χ4v) is 3.05. The molecule has 0 aliphatic rings. The smallest absolute Gasteiger partial charge is 0.267 e. The molecule has 0 saturated carbocycles. The Morgan fingerprint density at radius 3 is 2.48 bits per heavy atom. The minimum atomic E-state index is -0.679. The van der Waals surface area contributed by atoms with Gasteiger partial charge < -0.3 is 5.32 Å². The van der Waals surface area contributed by atoms with Gasteiger partial charge in [0, 0.05) is 17.3 Å². The zero-order valence-electron chi connectivity index (χ0n) is 15.8. The van der Waals surface area contributed by atoms with Gasteiger partial charge in [0.25, 0.3) is 5.56 Å². The van der Waals surface area contributed by atoms with Crippen LogP contribution in [0.5, 0.6) is 0 Å². The van der Waals surface area contributed by atoms with Crippen LogP contribution in [0.15, 0.2) is 65.5 Å². The highest BCUT2D eigenvalue weighted by Gasteiger charge is 2.22. The fraction of sp³-hybridized carbons (Fsp3) is 0.227. The molecular formula is C22H23N3O2. The predicted octanol–water partition coefficient (Wildman–Crippen LogP) is 4.12. The van der Waals surface area contributed by atoms with Crippen LogP contribution in [0.3, 0.4) is 0 Å². The van der Waals surface area contributed by atoms with Crippen LogP contribution in [0.1, 0.15) is 30.5 Å². The second-order valence-corrected chi connectivity index (χ2v) is 6.60. The van der Waals surface area contributed by atoms with Crippen molar-refractivity contribution < 1.29 is 4.79 Å². The van der Waals surface area contributed by atoms with Crippen molar-refractivity contribution in [2.45, 2.75) is 33.2 Å². The van der Waals surface area contributed by atoms with Gasteiger partial charge in [0.15, 0.2) is 0 Å². The standard InChI is InChI=1S/C22H23N3O2/c1-4-20(22(27)23-18-11-10-15(2)14-16(18)3)25-21(26)13-12-19(24-25)17-8-6-5-7-9-17/h5-14,20H,4H2,1-3H3,(H,23,27)/t20-/m1/s1. The van der Waals surface area contributed by atoms with E-state index < -0.39 is 6.04 Å². The van der Waals surface area contributed by atoms with Crippen molar-refractivity contribution in [3.63, 3.8) is 0 Å². The van der Waals surface area contributed by atoms with Gasteiger partial charge >= 0.3 is 0 Å². The van der Waals surface area contributed by atoms with E-state index in [1.165, 1.54) is 10.7 Å². The maximum Gasteiger partial charge on any atom is 0.267 e. The molecule has 0 radical (unpaired) electrons. The predicted molar refractivity (Wildman–Crippen MR) is 108 cm³/mol. The molecule has 1 N–H and O–H groups in total. The molecular weight excluding hydrogens is 338 g/mol. The molecule has 0 saturated heterocycles. The SMILES string of the molecule is CC[C@H](C(=O)Nc1ccc(C)cc1C)n1nc(-c2ccccc2)ccc1=O. The number of benzene rings is 2. The number of amides is 1. The van der Waals surface area contributed by atoms with Crippen LogP contribution in [0.2, 0.25) is 0 Å². The van der Waals surface area contributed by atoms with Crippen molar-refractivity contribution in [2.75, 3.05) is 5.32 Å². The first-order chi connectivity index (χ1) is 13.0. The van der Waals surface area contributed by atoms with E-state index in [1.807, 2.05) is 69.3 Å². The van der Waals surface area contributed by atoms with Crippen LogP contribution in [-0.4, -0.2) is 15.7 Å². The van der Waals surface area contributed by atoms with Crippen LogP contribution in [-0.2, 0) is 4.79 Å². The van der Waals surface area contributed by atoms with Gasteiger partial charge in [-0.2, -0.15) is 5.10 Å². The third-order valence-electron chi connectivity index (χ3n) is 4.52. The lowest BCUT2D eigenvalue weighted by Gasteiger charge is -2.18. The van der Waals surface area contributed by atoms with Crippen LogP contribution >= 0.6 is 0 Å². The first-order valence-corrected chi connectivity index (χ1v) is 9.03. The van der Waals surface area contributed by atoms with Gasteiger partial charge in [-0.05, 0) is 38.0 Å². The average molecular weight is 361 g/mol. The molecule has 0 aliphatic heterocycles. The van der Waals surface area contributed by atoms with E-state index in [0.717, 1.165) is 22.4 Å². The van der Waals surface area contributed by atoms with E-state index >= 15 is 0 Å². The Morgan fingerprint density at radius 2 is 1.81 bits per heavy atom.